The standard InChI is InChI=1S/C20H27BN2O2S/c1-18(2)19(3,4)25-21(24-18)13-6-7-16-15(10-13)22-17(26-16)20-9-8-14(11-20)23(5)12-20/h6-7,10,14H,8-9,11-12H2,1-5H3. The van der Waals surface area contributed by atoms with Crippen molar-refractivity contribution >= 4 is 34.1 Å². The van der Waals surface area contributed by atoms with Gasteiger partial charge in [-0.2, -0.15) is 0 Å². The number of benzene rings is 1. The predicted molar refractivity (Wildman–Crippen MR) is 107 cm³/mol. The number of rotatable bonds is 2. The van der Waals surface area contributed by atoms with Crippen molar-refractivity contribution in [3.63, 3.8) is 0 Å². The maximum atomic E-state index is 6.21. The monoisotopic (exact) mass is 370 g/mol. The van der Waals surface area contributed by atoms with Gasteiger partial charge in [0, 0.05) is 18.0 Å². The summed E-state index contributed by atoms with van der Waals surface area (Å²) in [6, 6.07) is 7.25. The number of fused-ring (bicyclic) bond motifs is 3. The number of likely N-dealkylation sites (tertiary alicyclic amines) is 1. The molecule has 2 unspecified atom stereocenters. The molecule has 4 nitrogen and oxygen atoms in total. The van der Waals surface area contributed by atoms with Crippen molar-refractivity contribution in [1.82, 2.24) is 9.88 Å². The van der Waals surface area contributed by atoms with Crippen LogP contribution in [0.3, 0.4) is 0 Å². The molecule has 5 rings (SSSR count). The Labute approximate surface area is 160 Å². The normalized spacial score (nSPS) is 32.8. The highest BCUT2D eigenvalue weighted by Crippen LogP contribution is 2.50. The van der Waals surface area contributed by atoms with Gasteiger partial charge in [-0.15, -0.1) is 11.3 Å². The van der Waals surface area contributed by atoms with E-state index in [1.807, 2.05) is 11.3 Å². The zero-order valence-electron chi connectivity index (χ0n) is 16.3. The minimum absolute atomic E-state index is 0.285. The van der Waals surface area contributed by atoms with E-state index in [0.717, 1.165) is 23.6 Å². The van der Waals surface area contributed by atoms with Gasteiger partial charge in [-0.05, 0) is 71.6 Å². The molecule has 6 heteroatoms. The molecular weight excluding hydrogens is 343 g/mol. The molecule has 2 saturated heterocycles. The first-order chi connectivity index (χ1) is 12.2. The smallest absolute Gasteiger partial charge is 0.399 e. The molecule has 1 saturated carbocycles. The van der Waals surface area contributed by atoms with Crippen LogP contribution in [0, 0.1) is 0 Å². The fraction of sp³-hybridized carbons (Fsp3) is 0.650. The van der Waals surface area contributed by atoms with E-state index in [2.05, 4.69) is 57.8 Å². The van der Waals surface area contributed by atoms with Gasteiger partial charge in [-0.1, -0.05) is 6.07 Å². The minimum Gasteiger partial charge on any atom is -0.399 e. The minimum atomic E-state index is -0.318. The molecule has 0 spiro atoms. The Balaban J connectivity index is 1.48. The number of piperidine rings is 1. The number of hydrogen-bond donors (Lipinski definition) is 0. The molecular formula is C20H27BN2O2S. The highest BCUT2D eigenvalue weighted by molar-refractivity contribution is 7.18. The average molecular weight is 370 g/mol. The van der Waals surface area contributed by atoms with E-state index >= 15 is 0 Å². The van der Waals surface area contributed by atoms with Crippen LogP contribution in [-0.4, -0.2) is 47.8 Å². The van der Waals surface area contributed by atoms with Crippen LogP contribution in [0.15, 0.2) is 18.2 Å². The summed E-state index contributed by atoms with van der Waals surface area (Å²) < 4.78 is 13.7. The fourth-order valence-electron chi connectivity index (χ4n) is 4.78. The zero-order chi connectivity index (χ0) is 18.3. The molecule has 138 valence electrons. The van der Waals surface area contributed by atoms with Gasteiger partial charge in [0.15, 0.2) is 0 Å². The second-order valence-corrected chi connectivity index (χ2v) is 10.5. The summed E-state index contributed by atoms with van der Waals surface area (Å²) >= 11 is 1.88. The Kier molecular flexibility index (Phi) is 3.51. The van der Waals surface area contributed by atoms with Crippen LogP contribution in [0.4, 0.5) is 0 Å². The van der Waals surface area contributed by atoms with E-state index in [-0.39, 0.29) is 23.7 Å². The summed E-state index contributed by atoms with van der Waals surface area (Å²) in [7, 11) is 1.94. The molecule has 1 aromatic heterocycles. The number of thiazole rings is 1. The van der Waals surface area contributed by atoms with Crippen LogP contribution in [-0.2, 0) is 14.7 Å². The lowest BCUT2D eigenvalue weighted by atomic mass is 9.79. The summed E-state index contributed by atoms with van der Waals surface area (Å²) in [6.45, 7) is 9.54. The van der Waals surface area contributed by atoms with Crippen molar-refractivity contribution in [1.29, 1.82) is 0 Å². The topological polar surface area (TPSA) is 34.6 Å². The van der Waals surface area contributed by atoms with Crippen molar-refractivity contribution in [2.45, 2.75) is 69.6 Å². The van der Waals surface area contributed by atoms with Gasteiger partial charge in [0.2, 0.25) is 0 Å². The molecule has 0 N–H and O–H groups in total. The van der Waals surface area contributed by atoms with E-state index < -0.39 is 0 Å². The Morgan fingerprint density at radius 1 is 1.19 bits per heavy atom. The second-order valence-electron chi connectivity index (χ2n) is 9.43. The number of likely N-dealkylation sites (N-methyl/N-ethyl adjacent to an activating group) is 1. The van der Waals surface area contributed by atoms with E-state index in [1.165, 1.54) is 29.0 Å². The lowest BCUT2D eigenvalue weighted by Gasteiger charge is -2.32. The predicted octanol–water partition coefficient (Wildman–Crippen LogP) is 3.33. The summed E-state index contributed by atoms with van der Waals surface area (Å²) in [5.41, 5.74) is 1.81. The highest BCUT2D eigenvalue weighted by Gasteiger charge is 2.52. The third-order valence-corrected chi connectivity index (χ3v) is 8.43. The first-order valence-corrected chi connectivity index (χ1v) is 10.5. The summed E-state index contributed by atoms with van der Waals surface area (Å²) in [4.78, 5) is 7.60. The van der Waals surface area contributed by atoms with Crippen molar-refractivity contribution in [2.75, 3.05) is 13.6 Å². The Morgan fingerprint density at radius 3 is 2.54 bits per heavy atom. The largest absolute Gasteiger partial charge is 0.494 e. The third-order valence-electron chi connectivity index (χ3n) is 7.15. The molecule has 2 aromatic rings. The molecule has 1 aromatic carbocycles. The van der Waals surface area contributed by atoms with Crippen LogP contribution < -0.4 is 5.46 Å². The van der Waals surface area contributed by atoms with Crippen molar-refractivity contribution in [3.05, 3.63) is 23.2 Å². The summed E-state index contributed by atoms with van der Waals surface area (Å²) in [5, 5.41) is 1.32. The van der Waals surface area contributed by atoms with Gasteiger partial charge in [0.25, 0.3) is 0 Å². The van der Waals surface area contributed by atoms with Crippen LogP contribution in [0.2, 0.25) is 0 Å². The SMILES string of the molecule is CN1CC2(c3nc4cc(B5OC(C)(C)C(C)(C)O5)ccc4s3)CCC1C2. The molecule has 26 heavy (non-hydrogen) atoms. The molecule has 2 bridgehead atoms. The fourth-order valence-corrected chi connectivity index (χ4v) is 5.95. The van der Waals surface area contributed by atoms with Gasteiger partial charge in [-0.25, -0.2) is 4.98 Å². The maximum absolute atomic E-state index is 6.21. The first kappa shape index (κ1) is 17.2. The molecule has 1 aliphatic carbocycles. The Hall–Kier alpha value is -0.945. The van der Waals surface area contributed by atoms with Gasteiger partial charge in [0.05, 0.1) is 21.4 Å². The van der Waals surface area contributed by atoms with Gasteiger partial charge in [-0.3, -0.25) is 0 Å². The molecule has 3 fully saturated rings. The lowest BCUT2D eigenvalue weighted by molar-refractivity contribution is 0.00578. The average Bonchev–Trinajstić information content (AvgIpc) is 3.28. The van der Waals surface area contributed by atoms with Crippen molar-refractivity contribution in [2.24, 2.45) is 0 Å². The van der Waals surface area contributed by atoms with E-state index in [9.17, 15) is 0 Å². The van der Waals surface area contributed by atoms with Crippen LogP contribution >= 0.6 is 11.3 Å². The quantitative estimate of drug-likeness (QED) is 0.760. The van der Waals surface area contributed by atoms with Gasteiger partial charge < -0.3 is 14.2 Å². The molecule has 3 heterocycles. The third kappa shape index (κ3) is 2.35. The number of aromatic nitrogens is 1. The van der Waals surface area contributed by atoms with Gasteiger partial charge >= 0.3 is 7.12 Å². The highest BCUT2D eigenvalue weighted by atomic mass is 32.1. The lowest BCUT2D eigenvalue weighted by Crippen LogP contribution is -2.41. The van der Waals surface area contributed by atoms with Crippen molar-refractivity contribution < 1.29 is 9.31 Å². The zero-order valence-corrected chi connectivity index (χ0v) is 17.2. The Morgan fingerprint density at radius 2 is 1.92 bits per heavy atom. The van der Waals surface area contributed by atoms with E-state index in [4.69, 9.17) is 14.3 Å². The second kappa shape index (κ2) is 5.31. The van der Waals surface area contributed by atoms with E-state index in [0.29, 0.717) is 0 Å². The van der Waals surface area contributed by atoms with Gasteiger partial charge in [0.1, 0.15) is 5.01 Å². The number of hydrogen-bond acceptors (Lipinski definition) is 5. The molecule has 0 amide bonds. The molecule has 0 radical (unpaired) electrons. The number of nitrogens with zero attached hydrogens (tertiary/aromatic N) is 2. The van der Waals surface area contributed by atoms with Crippen molar-refractivity contribution in [3.8, 4) is 0 Å². The van der Waals surface area contributed by atoms with Crippen LogP contribution in [0.1, 0.15) is 52.0 Å². The summed E-state index contributed by atoms with van der Waals surface area (Å²) in [6.07, 6.45) is 3.87. The van der Waals surface area contributed by atoms with E-state index in [1.54, 1.807) is 0 Å². The molecule has 3 aliphatic rings. The van der Waals surface area contributed by atoms with Crippen LogP contribution in [0.5, 0.6) is 0 Å². The maximum Gasteiger partial charge on any atom is 0.494 e. The molecule has 2 aliphatic heterocycles. The molecule has 2 atom stereocenters. The summed E-state index contributed by atoms with van der Waals surface area (Å²) in [5.74, 6) is 0. The first-order valence-electron chi connectivity index (χ1n) is 9.66. The Bertz CT molecular complexity index is 860. The van der Waals surface area contributed by atoms with Crippen LogP contribution in [0.25, 0.3) is 10.2 Å².